The Balaban J connectivity index is 1.93. The molecule has 0 saturated carbocycles. The highest BCUT2D eigenvalue weighted by molar-refractivity contribution is 5.49. The van der Waals surface area contributed by atoms with Gasteiger partial charge in [0.2, 0.25) is 0 Å². The van der Waals surface area contributed by atoms with Gasteiger partial charge in [0.05, 0.1) is 11.8 Å². The molecule has 19 heavy (non-hydrogen) atoms. The lowest BCUT2D eigenvalue weighted by molar-refractivity contribution is 1.09. The summed E-state index contributed by atoms with van der Waals surface area (Å²) in [5.41, 5.74) is 2.11. The fraction of sp³-hybridized carbons (Fsp3) is 0. The highest BCUT2D eigenvalue weighted by Crippen LogP contribution is 2.09. The van der Waals surface area contributed by atoms with Gasteiger partial charge in [0, 0.05) is 18.6 Å². The van der Waals surface area contributed by atoms with Gasteiger partial charge < -0.3 is 0 Å². The number of rotatable bonds is 1. The first-order chi connectivity index (χ1) is 9.42. The van der Waals surface area contributed by atoms with Crippen molar-refractivity contribution in [1.82, 2.24) is 30.1 Å². The zero-order valence-corrected chi connectivity index (χ0v) is 9.78. The topological polar surface area (TPSA) is 80.2 Å². The van der Waals surface area contributed by atoms with E-state index >= 15 is 0 Å². The van der Waals surface area contributed by atoms with Crippen LogP contribution < -0.4 is 0 Å². The van der Waals surface area contributed by atoms with Gasteiger partial charge in [-0.2, -0.15) is 5.10 Å². The van der Waals surface area contributed by atoms with Crippen LogP contribution in [0.5, 0.6) is 0 Å². The maximum absolute atomic E-state index is 4.34. The lowest BCUT2D eigenvalue weighted by Gasteiger charge is -1.97. The maximum atomic E-state index is 4.34. The molecule has 0 unspecified atom stereocenters. The Morgan fingerprint density at radius 1 is 1.05 bits per heavy atom. The van der Waals surface area contributed by atoms with Gasteiger partial charge in [0.15, 0.2) is 5.82 Å². The number of nitrogens with one attached hydrogen (secondary N) is 1. The summed E-state index contributed by atoms with van der Waals surface area (Å²) in [5, 5.41) is 6.52. The Bertz CT molecular complexity index is 725. The minimum atomic E-state index is 0.529. The van der Waals surface area contributed by atoms with Crippen LogP contribution in [0.3, 0.4) is 0 Å². The number of hydrogen-bond donors (Lipinski definition) is 1. The van der Waals surface area contributed by atoms with Gasteiger partial charge in [-0.25, -0.2) is 19.9 Å². The third-order valence-electron chi connectivity index (χ3n) is 2.30. The second-order valence-electron chi connectivity index (χ2n) is 3.60. The van der Waals surface area contributed by atoms with Gasteiger partial charge in [-0.15, -0.1) is 0 Å². The third-order valence-corrected chi connectivity index (χ3v) is 2.30. The van der Waals surface area contributed by atoms with Crippen LogP contribution in [0.15, 0.2) is 43.2 Å². The largest absolute Gasteiger partial charge is 0.284 e. The highest BCUT2D eigenvalue weighted by Gasteiger charge is 2.01. The van der Waals surface area contributed by atoms with E-state index in [-0.39, 0.29) is 0 Å². The fourth-order valence-electron chi connectivity index (χ4n) is 1.43. The van der Waals surface area contributed by atoms with Crippen LogP contribution in [-0.2, 0) is 0 Å². The maximum Gasteiger partial charge on any atom is 0.179 e. The van der Waals surface area contributed by atoms with Gasteiger partial charge in [-0.1, -0.05) is 5.92 Å². The minimum absolute atomic E-state index is 0.529. The van der Waals surface area contributed by atoms with Gasteiger partial charge in [-0.3, -0.25) is 5.10 Å². The van der Waals surface area contributed by atoms with Gasteiger partial charge in [0.1, 0.15) is 17.7 Å². The van der Waals surface area contributed by atoms with Gasteiger partial charge in [0.25, 0.3) is 0 Å². The molecule has 0 radical (unpaired) electrons. The lowest BCUT2D eigenvalue weighted by atomic mass is 10.3. The average Bonchev–Trinajstić information content (AvgIpc) is 3.00. The summed E-state index contributed by atoms with van der Waals surface area (Å²) in [6, 6.07) is 3.50. The van der Waals surface area contributed by atoms with Crippen LogP contribution in [0.25, 0.3) is 11.5 Å². The molecule has 0 aliphatic heterocycles. The summed E-state index contributed by atoms with van der Waals surface area (Å²) < 4.78 is 0. The van der Waals surface area contributed by atoms with Gasteiger partial charge in [-0.05, 0) is 18.1 Å². The van der Waals surface area contributed by atoms with Crippen LogP contribution >= 0.6 is 0 Å². The molecule has 6 heteroatoms. The molecule has 0 spiro atoms. The number of hydrogen-bond acceptors (Lipinski definition) is 5. The van der Waals surface area contributed by atoms with Crippen molar-refractivity contribution >= 4 is 0 Å². The van der Waals surface area contributed by atoms with Crippen LogP contribution in [0.1, 0.15) is 11.3 Å². The summed E-state index contributed by atoms with van der Waals surface area (Å²) >= 11 is 0. The normalized spacial score (nSPS) is 9.68. The SMILES string of the molecule is C(#Cc1ccnc(-c2ccncn2)n1)c1cn[nH]c1. The summed E-state index contributed by atoms with van der Waals surface area (Å²) in [6.45, 7) is 0. The second-order valence-corrected chi connectivity index (χ2v) is 3.60. The Labute approximate surface area is 109 Å². The molecule has 3 aromatic heterocycles. The summed E-state index contributed by atoms with van der Waals surface area (Å²) in [5.74, 6) is 6.43. The molecule has 3 aromatic rings. The van der Waals surface area contributed by atoms with E-state index in [1.54, 1.807) is 36.9 Å². The molecular weight excluding hydrogens is 240 g/mol. The molecule has 0 bridgehead atoms. The van der Waals surface area contributed by atoms with E-state index in [9.17, 15) is 0 Å². The highest BCUT2D eigenvalue weighted by atomic mass is 15.1. The van der Waals surface area contributed by atoms with E-state index in [1.165, 1.54) is 6.33 Å². The predicted octanol–water partition coefficient (Wildman–Crippen LogP) is 1.06. The molecular formula is C13H8N6. The third kappa shape index (κ3) is 2.61. The van der Waals surface area contributed by atoms with Crippen molar-refractivity contribution in [3.05, 3.63) is 54.5 Å². The van der Waals surface area contributed by atoms with E-state index in [0.29, 0.717) is 17.2 Å². The molecule has 0 aromatic carbocycles. The molecule has 0 saturated heterocycles. The number of aromatic nitrogens is 6. The minimum Gasteiger partial charge on any atom is -0.284 e. The van der Waals surface area contributed by atoms with E-state index in [2.05, 4.69) is 42.0 Å². The molecule has 0 aliphatic rings. The molecule has 0 aliphatic carbocycles. The van der Waals surface area contributed by atoms with Crippen molar-refractivity contribution in [3.63, 3.8) is 0 Å². The molecule has 1 N–H and O–H groups in total. The number of H-pyrrole nitrogens is 1. The van der Waals surface area contributed by atoms with Crippen LogP contribution in [0.4, 0.5) is 0 Å². The van der Waals surface area contributed by atoms with Crippen LogP contribution in [0.2, 0.25) is 0 Å². The molecule has 3 rings (SSSR count). The zero-order chi connectivity index (χ0) is 12.9. The summed E-state index contributed by atoms with van der Waals surface area (Å²) in [7, 11) is 0. The quantitative estimate of drug-likeness (QED) is 0.651. The summed E-state index contributed by atoms with van der Waals surface area (Å²) in [4.78, 5) is 16.5. The van der Waals surface area contributed by atoms with Crippen LogP contribution in [-0.4, -0.2) is 30.1 Å². The summed E-state index contributed by atoms with van der Waals surface area (Å²) in [6.07, 6.45) is 8.14. The number of aromatic amines is 1. The van der Waals surface area contributed by atoms with Crippen LogP contribution in [0, 0.1) is 11.8 Å². The lowest BCUT2D eigenvalue weighted by Crippen LogP contribution is -1.93. The first kappa shape index (κ1) is 11.0. The van der Waals surface area contributed by atoms with E-state index < -0.39 is 0 Å². The molecule has 6 nitrogen and oxygen atoms in total. The first-order valence-corrected chi connectivity index (χ1v) is 5.52. The molecule has 90 valence electrons. The van der Waals surface area contributed by atoms with E-state index in [1.807, 2.05) is 0 Å². The molecule has 3 heterocycles. The Morgan fingerprint density at radius 3 is 2.84 bits per heavy atom. The van der Waals surface area contributed by atoms with Crippen molar-refractivity contribution in [1.29, 1.82) is 0 Å². The Morgan fingerprint density at radius 2 is 2.05 bits per heavy atom. The molecule has 0 amide bonds. The first-order valence-electron chi connectivity index (χ1n) is 5.52. The smallest absolute Gasteiger partial charge is 0.179 e. The van der Waals surface area contributed by atoms with Gasteiger partial charge >= 0.3 is 0 Å². The predicted molar refractivity (Wildman–Crippen MR) is 67.6 cm³/mol. The monoisotopic (exact) mass is 248 g/mol. The van der Waals surface area contributed by atoms with Crippen molar-refractivity contribution in [3.8, 4) is 23.4 Å². The molecule has 0 fully saturated rings. The Hall–Kier alpha value is -3.07. The number of nitrogens with zero attached hydrogens (tertiary/aromatic N) is 5. The van der Waals surface area contributed by atoms with Crippen molar-refractivity contribution in [2.24, 2.45) is 0 Å². The standard InChI is InChI=1S/C13H8N6/c1(10-7-17-18-8-10)2-11-3-6-15-13(19-11)12-4-5-14-9-16-12/h3-9H,(H,17,18). The van der Waals surface area contributed by atoms with E-state index in [4.69, 9.17) is 0 Å². The second kappa shape index (κ2) is 5.06. The Kier molecular flexibility index (Phi) is 2.94. The zero-order valence-electron chi connectivity index (χ0n) is 9.78. The fourth-order valence-corrected chi connectivity index (χ4v) is 1.43. The van der Waals surface area contributed by atoms with E-state index in [0.717, 1.165) is 5.56 Å². The van der Waals surface area contributed by atoms with Crippen molar-refractivity contribution < 1.29 is 0 Å². The average molecular weight is 248 g/mol. The van der Waals surface area contributed by atoms with Crippen molar-refractivity contribution in [2.75, 3.05) is 0 Å². The molecule has 0 atom stereocenters. The van der Waals surface area contributed by atoms with Crippen molar-refractivity contribution in [2.45, 2.75) is 0 Å².